The molecule has 0 bridgehead atoms. The quantitative estimate of drug-likeness (QED) is 0.0262. The van der Waals surface area contributed by atoms with Gasteiger partial charge in [-0.1, -0.05) is 236 Å². The van der Waals surface area contributed by atoms with Crippen molar-refractivity contribution in [3.8, 4) is 0 Å². The maximum atomic E-state index is 12.7. The van der Waals surface area contributed by atoms with Crippen LogP contribution in [0.3, 0.4) is 0 Å². The summed E-state index contributed by atoms with van der Waals surface area (Å²) < 4.78 is 16.7. The molecule has 0 aromatic carbocycles. The monoisotopic (exact) mass is 897 g/mol. The molecular weight excluding hydrogens is 793 g/mol. The average Bonchev–Trinajstić information content (AvgIpc) is 3.29. The van der Waals surface area contributed by atoms with Gasteiger partial charge in [-0.05, 0) is 77.0 Å². The Kier molecular flexibility index (Phi) is 50.8. The second-order valence-corrected chi connectivity index (χ2v) is 18.5. The zero-order chi connectivity index (χ0) is 46.5. The maximum absolute atomic E-state index is 12.7. The van der Waals surface area contributed by atoms with Crippen molar-refractivity contribution in [1.29, 1.82) is 0 Å². The summed E-state index contributed by atoms with van der Waals surface area (Å²) in [5.41, 5.74) is 0. The fourth-order valence-electron chi connectivity index (χ4n) is 7.86. The molecular formula is C58H104O6. The number of hydrogen-bond donors (Lipinski definition) is 0. The number of hydrogen-bond acceptors (Lipinski definition) is 6. The lowest BCUT2D eigenvalue weighted by Gasteiger charge is -2.18. The molecule has 0 aliphatic heterocycles. The normalized spacial score (nSPS) is 12.4. The van der Waals surface area contributed by atoms with Gasteiger partial charge in [0.15, 0.2) is 6.10 Å². The van der Waals surface area contributed by atoms with Gasteiger partial charge in [0.1, 0.15) is 13.2 Å². The summed E-state index contributed by atoms with van der Waals surface area (Å²) in [5, 5.41) is 0. The SMILES string of the molecule is CCC/C=C\CCCCCCCC(=O)OC(COC(=O)CCCCCCCCCCC)COC(=O)CCCCCCCCCCCCCC/C=C\C/C=C\C/C=C\CCCCCCC. The molecule has 0 radical (unpaired) electrons. The van der Waals surface area contributed by atoms with Crippen LogP contribution in [0.2, 0.25) is 0 Å². The van der Waals surface area contributed by atoms with E-state index >= 15 is 0 Å². The van der Waals surface area contributed by atoms with E-state index in [2.05, 4.69) is 69.4 Å². The van der Waals surface area contributed by atoms with Crippen LogP contribution in [0.15, 0.2) is 48.6 Å². The van der Waals surface area contributed by atoms with Crippen LogP contribution >= 0.6 is 0 Å². The van der Waals surface area contributed by atoms with Gasteiger partial charge in [-0.25, -0.2) is 0 Å². The highest BCUT2D eigenvalue weighted by Crippen LogP contribution is 2.16. The Morgan fingerprint density at radius 1 is 0.312 bits per heavy atom. The Morgan fingerprint density at radius 2 is 0.594 bits per heavy atom. The van der Waals surface area contributed by atoms with Crippen LogP contribution in [0.5, 0.6) is 0 Å². The van der Waals surface area contributed by atoms with Crippen molar-refractivity contribution in [3.05, 3.63) is 48.6 Å². The molecule has 0 aliphatic rings. The molecule has 0 spiro atoms. The molecule has 0 saturated carbocycles. The van der Waals surface area contributed by atoms with E-state index in [-0.39, 0.29) is 31.1 Å². The second kappa shape index (κ2) is 53.0. The molecule has 64 heavy (non-hydrogen) atoms. The van der Waals surface area contributed by atoms with E-state index in [4.69, 9.17) is 14.2 Å². The van der Waals surface area contributed by atoms with E-state index in [9.17, 15) is 14.4 Å². The van der Waals surface area contributed by atoms with Gasteiger partial charge >= 0.3 is 17.9 Å². The topological polar surface area (TPSA) is 78.9 Å². The third-order valence-electron chi connectivity index (χ3n) is 12.0. The number of allylic oxidation sites excluding steroid dienone is 8. The first-order valence-electron chi connectivity index (χ1n) is 27.6. The Balaban J connectivity index is 4.10. The minimum atomic E-state index is -0.773. The summed E-state index contributed by atoms with van der Waals surface area (Å²) in [4.78, 5) is 37.8. The smallest absolute Gasteiger partial charge is 0.306 e. The number of carbonyl (C=O) groups is 3. The molecule has 0 amide bonds. The van der Waals surface area contributed by atoms with E-state index in [1.807, 2.05) is 0 Å². The summed E-state index contributed by atoms with van der Waals surface area (Å²) in [6, 6.07) is 0. The maximum Gasteiger partial charge on any atom is 0.306 e. The van der Waals surface area contributed by atoms with Crippen LogP contribution in [-0.4, -0.2) is 37.2 Å². The Labute approximate surface area is 397 Å². The number of esters is 3. The molecule has 6 nitrogen and oxygen atoms in total. The van der Waals surface area contributed by atoms with Gasteiger partial charge in [0.05, 0.1) is 0 Å². The van der Waals surface area contributed by atoms with Gasteiger partial charge in [0.25, 0.3) is 0 Å². The van der Waals surface area contributed by atoms with E-state index < -0.39 is 6.10 Å². The molecule has 0 aromatic heterocycles. The summed E-state index contributed by atoms with van der Waals surface area (Å²) in [7, 11) is 0. The second-order valence-electron chi connectivity index (χ2n) is 18.5. The minimum Gasteiger partial charge on any atom is -0.462 e. The Hall–Kier alpha value is -2.63. The van der Waals surface area contributed by atoms with E-state index in [0.717, 1.165) is 89.9 Å². The Morgan fingerprint density at radius 3 is 0.953 bits per heavy atom. The van der Waals surface area contributed by atoms with Crippen molar-refractivity contribution in [2.45, 2.75) is 290 Å². The van der Waals surface area contributed by atoms with Gasteiger partial charge in [-0.2, -0.15) is 0 Å². The number of carbonyl (C=O) groups excluding carboxylic acids is 3. The van der Waals surface area contributed by atoms with Gasteiger partial charge in [0.2, 0.25) is 0 Å². The first-order valence-corrected chi connectivity index (χ1v) is 27.6. The molecule has 0 N–H and O–H groups in total. The molecule has 0 saturated heterocycles. The van der Waals surface area contributed by atoms with E-state index in [0.29, 0.717) is 19.3 Å². The zero-order valence-electron chi connectivity index (χ0n) is 42.6. The standard InChI is InChI=1S/C58H104O6/c1-4-7-10-13-16-19-21-22-23-24-25-26-27-28-29-30-31-32-33-34-35-36-37-40-42-45-48-51-57(60)63-54-55(53-62-56(59)50-47-44-41-38-18-15-12-9-6-3)64-58(61)52-49-46-43-39-20-17-14-11-8-5-2/h11,14,21-22,24-25,27-28,55H,4-10,12-13,15-20,23,26,29-54H2,1-3H3/b14-11-,22-21-,25-24-,28-27-. The van der Waals surface area contributed by atoms with Crippen LogP contribution in [0.1, 0.15) is 284 Å². The molecule has 6 heteroatoms. The molecule has 0 heterocycles. The molecule has 0 rings (SSSR count). The lowest BCUT2D eigenvalue weighted by molar-refractivity contribution is -0.167. The van der Waals surface area contributed by atoms with Crippen molar-refractivity contribution in [1.82, 2.24) is 0 Å². The van der Waals surface area contributed by atoms with Crippen LogP contribution in [0.4, 0.5) is 0 Å². The number of unbranched alkanes of at least 4 members (excludes halogenated alkanes) is 31. The zero-order valence-corrected chi connectivity index (χ0v) is 42.6. The fraction of sp³-hybridized carbons (Fsp3) is 0.810. The first kappa shape index (κ1) is 61.4. The van der Waals surface area contributed by atoms with Crippen LogP contribution in [0, 0.1) is 0 Å². The molecule has 1 atom stereocenters. The first-order chi connectivity index (χ1) is 31.5. The van der Waals surface area contributed by atoms with Crippen molar-refractivity contribution in [3.63, 3.8) is 0 Å². The van der Waals surface area contributed by atoms with Crippen LogP contribution in [0.25, 0.3) is 0 Å². The van der Waals surface area contributed by atoms with Gasteiger partial charge in [0, 0.05) is 19.3 Å². The molecule has 0 aromatic rings. The predicted molar refractivity (Wildman–Crippen MR) is 275 cm³/mol. The van der Waals surface area contributed by atoms with Crippen molar-refractivity contribution < 1.29 is 28.6 Å². The predicted octanol–water partition coefficient (Wildman–Crippen LogP) is 18.3. The van der Waals surface area contributed by atoms with E-state index in [1.165, 1.54) is 154 Å². The molecule has 372 valence electrons. The highest BCUT2D eigenvalue weighted by atomic mass is 16.6. The molecule has 1 unspecified atom stereocenters. The highest BCUT2D eigenvalue weighted by Gasteiger charge is 2.19. The largest absolute Gasteiger partial charge is 0.462 e. The third-order valence-corrected chi connectivity index (χ3v) is 12.0. The summed E-state index contributed by atoms with van der Waals surface area (Å²) in [6.45, 7) is 6.55. The lowest BCUT2D eigenvalue weighted by atomic mass is 10.0. The van der Waals surface area contributed by atoms with Gasteiger partial charge < -0.3 is 14.2 Å². The van der Waals surface area contributed by atoms with Crippen molar-refractivity contribution in [2.75, 3.05) is 13.2 Å². The minimum absolute atomic E-state index is 0.0747. The fourth-order valence-corrected chi connectivity index (χ4v) is 7.86. The lowest BCUT2D eigenvalue weighted by Crippen LogP contribution is -2.30. The summed E-state index contributed by atoms with van der Waals surface area (Å²) in [5.74, 6) is -0.883. The van der Waals surface area contributed by atoms with Crippen molar-refractivity contribution in [2.24, 2.45) is 0 Å². The van der Waals surface area contributed by atoms with Crippen LogP contribution < -0.4 is 0 Å². The third kappa shape index (κ3) is 50.4. The highest BCUT2D eigenvalue weighted by molar-refractivity contribution is 5.71. The Bertz CT molecular complexity index is 1120. The summed E-state index contributed by atoms with van der Waals surface area (Å²) >= 11 is 0. The molecule has 0 fully saturated rings. The van der Waals surface area contributed by atoms with Crippen molar-refractivity contribution >= 4 is 17.9 Å². The van der Waals surface area contributed by atoms with Crippen LogP contribution in [-0.2, 0) is 28.6 Å². The number of ether oxygens (including phenoxy) is 3. The van der Waals surface area contributed by atoms with E-state index in [1.54, 1.807) is 0 Å². The number of rotatable bonds is 50. The van der Waals surface area contributed by atoms with Gasteiger partial charge in [-0.3, -0.25) is 14.4 Å². The molecule has 0 aliphatic carbocycles. The average molecular weight is 897 g/mol. The van der Waals surface area contributed by atoms with Gasteiger partial charge in [-0.15, -0.1) is 0 Å². The summed E-state index contributed by atoms with van der Waals surface area (Å²) in [6.07, 6.45) is 64.1.